The van der Waals surface area contributed by atoms with Crippen molar-refractivity contribution in [3.63, 3.8) is 0 Å². The first-order chi connectivity index (χ1) is 15.5. The number of hydrogen-bond donors (Lipinski definition) is 2. The molecule has 7 heteroatoms. The topological polar surface area (TPSA) is 88.3 Å². The molecule has 32 heavy (non-hydrogen) atoms. The molecule has 0 aliphatic heterocycles. The minimum absolute atomic E-state index is 0.0541. The average Bonchev–Trinajstić information content (AvgIpc) is 3.31. The largest absolute Gasteiger partial charge is 0.370 e. The summed E-state index contributed by atoms with van der Waals surface area (Å²) in [5.74, 6) is -0.488. The van der Waals surface area contributed by atoms with E-state index in [2.05, 4.69) is 10.3 Å². The van der Waals surface area contributed by atoms with Crippen LogP contribution in [0.4, 0.5) is 0 Å². The molecule has 2 aromatic rings. The summed E-state index contributed by atoms with van der Waals surface area (Å²) in [5.41, 5.74) is 1.75. The number of carbonyl (C=O) groups excluding carboxylic acids is 2. The molecular weight excluding hydrogens is 428 g/mol. The number of rotatable bonds is 8. The monoisotopic (exact) mass is 454 g/mol. The lowest BCUT2D eigenvalue weighted by atomic mass is 9.98. The lowest BCUT2D eigenvalue weighted by Gasteiger charge is -2.21. The highest BCUT2D eigenvalue weighted by Crippen LogP contribution is 2.23. The SMILES string of the molecule is O=C(NC(Cc1cc(=O)[nH]c2ccccc12)C(=O)COC1CCCC1)C1=CC=C(Cl)CC1. The molecule has 0 radical (unpaired) electrons. The summed E-state index contributed by atoms with van der Waals surface area (Å²) >= 11 is 6.01. The van der Waals surface area contributed by atoms with Gasteiger partial charge in [0.05, 0.1) is 12.1 Å². The number of ketones is 1. The van der Waals surface area contributed by atoms with Crippen molar-refractivity contribution in [3.8, 4) is 0 Å². The number of benzene rings is 1. The molecule has 1 heterocycles. The van der Waals surface area contributed by atoms with Crippen molar-refractivity contribution in [1.82, 2.24) is 10.3 Å². The predicted octanol–water partition coefficient (Wildman–Crippen LogP) is 3.93. The molecule has 1 amide bonds. The number of H-pyrrole nitrogens is 1. The molecule has 1 aromatic heterocycles. The lowest BCUT2D eigenvalue weighted by molar-refractivity contribution is -0.130. The van der Waals surface area contributed by atoms with Crippen LogP contribution in [0.25, 0.3) is 10.9 Å². The van der Waals surface area contributed by atoms with Gasteiger partial charge in [0, 0.05) is 34.0 Å². The summed E-state index contributed by atoms with van der Waals surface area (Å²) in [6.07, 6.45) is 8.99. The Morgan fingerprint density at radius 2 is 1.94 bits per heavy atom. The van der Waals surface area contributed by atoms with Crippen LogP contribution >= 0.6 is 11.6 Å². The predicted molar refractivity (Wildman–Crippen MR) is 125 cm³/mol. The molecule has 2 aliphatic carbocycles. The fraction of sp³-hybridized carbons (Fsp3) is 0.400. The van der Waals surface area contributed by atoms with Gasteiger partial charge in [-0.3, -0.25) is 14.4 Å². The molecule has 1 saturated carbocycles. The number of Topliss-reactive ketones (excluding diaryl/α,β-unsaturated/α-hetero) is 1. The molecule has 0 spiro atoms. The molecule has 2 N–H and O–H groups in total. The van der Waals surface area contributed by atoms with E-state index in [9.17, 15) is 14.4 Å². The van der Waals surface area contributed by atoms with Crippen molar-refractivity contribution in [2.45, 2.75) is 57.1 Å². The fourth-order valence-electron chi connectivity index (χ4n) is 4.32. The van der Waals surface area contributed by atoms with Crippen LogP contribution in [0.1, 0.15) is 44.1 Å². The van der Waals surface area contributed by atoms with Crippen LogP contribution in [-0.2, 0) is 20.7 Å². The maximum atomic E-state index is 13.1. The Balaban J connectivity index is 1.56. The third kappa shape index (κ3) is 5.56. The number of hydrogen-bond acceptors (Lipinski definition) is 4. The number of fused-ring (bicyclic) bond motifs is 1. The van der Waals surface area contributed by atoms with Crippen LogP contribution in [0, 0.1) is 0 Å². The van der Waals surface area contributed by atoms with Gasteiger partial charge in [-0.05, 0) is 43.4 Å². The van der Waals surface area contributed by atoms with Crippen LogP contribution in [0.3, 0.4) is 0 Å². The Morgan fingerprint density at radius 1 is 1.16 bits per heavy atom. The van der Waals surface area contributed by atoms with Crippen LogP contribution in [0.5, 0.6) is 0 Å². The molecule has 2 aliphatic rings. The third-order valence-corrected chi connectivity index (χ3v) is 6.42. The van der Waals surface area contributed by atoms with Gasteiger partial charge in [0.1, 0.15) is 6.61 Å². The summed E-state index contributed by atoms with van der Waals surface area (Å²) in [6.45, 7) is -0.0541. The summed E-state index contributed by atoms with van der Waals surface area (Å²) in [4.78, 5) is 41.0. The van der Waals surface area contributed by atoms with Crippen molar-refractivity contribution < 1.29 is 14.3 Å². The molecule has 1 fully saturated rings. The minimum atomic E-state index is -0.795. The van der Waals surface area contributed by atoms with E-state index in [1.54, 1.807) is 12.2 Å². The number of allylic oxidation sites excluding steroid dienone is 3. The van der Waals surface area contributed by atoms with E-state index in [4.69, 9.17) is 16.3 Å². The molecular formula is C25H27ClN2O4. The zero-order chi connectivity index (χ0) is 22.5. The Hall–Kier alpha value is -2.70. The highest BCUT2D eigenvalue weighted by Gasteiger charge is 2.26. The van der Waals surface area contributed by atoms with Crippen molar-refractivity contribution in [3.05, 3.63) is 69.0 Å². The lowest BCUT2D eigenvalue weighted by Crippen LogP contribution is -2.45. The van der Waals surface area contributed by atoms with Crippen molar-refractivity contribution in [1.29, 1.82) is 0 Å². The first kappa shape index (κ1) is 22.5. The van der Waals surface area contributed by atoms with Gasteiger partial charge in [-0.15, -0.1) is 0 Å². The maximum absolute atomic E-state index is 13.1. The van der Waals surface area contributed by atoms with E-state index in [0.717, 1.165) is 31.1 Å². The van der Waals surface area contributed by atoms with Crippen LogP contribution in [-0.4, -0.2) is 35.4 Å². The molecule has 1 atom stereocenters. The van der Waals surface area contributed by atoms with Gasteiger partial charge in [-0.25, -0.2) is 0 Å². The van der Waals surface area contributed by atoms with E-state index in [1.807, 2.05) is 24.3 Å². The normalized spacial score (nSPS) is 17.7. The van der Waals surface area contributed by atoms with Crippen molar-refractivity contribution in [2.75, 3.05) is 6.61 Å². The first-order valence-corrected chi connectivity index (χ1v) is 11.5. The van der Waals surface area contributed by atoms with Crippen LogP contribution < -0.4 is 10.9 Å². The Bertz CT molecular complexity index is 1130. The zero-order valence-corrected chi connectivity index (χ0v) is 18.6. The van der Waals surface area contributed by atoms with Gasteiger partial charge in [0.15, 0.2) is 5.78 Å². The van der Waals surface area contributed by atoms with Gasteiger partial charge in [0.25, 0.3) is 0 Å². The summed E-state index contributed by atoms with van der Waals surface area (Å²) in [6, 6.07) is 8.14. The second-order valence-corrected chi connectivity index (χ2v) is 8.91. The summed E-state index contributed by atoms with van der Waals surface area (Å²) in [5, 5.41) is 4.44. The van der Waals surface area contributed by atoms with Gasteiger partial charge < -0.3 is 15.0 Å². The standard InChI is InChI=1S/C25H27ClN2O4/c26-18-11-9-16(10-12-18)25(31)28-22(23(29)15-32-19-5-1-2-6-19)13-17-14-24(30)27-21-8-4-3-7-20(17)21/h3-4,7-9,11,14,19,22H,1-2,5-6,10,12-13,15H2,(H,27,30)(H,28,31). The van der Waals surface area contributed by atoms with Crippen LogP contribution in [0.15, 0.2) is 57.9 Å². The zero-order valence-electron chi connectivity index (χ0n) is 17.9. The number of aromatic amines is 1. The smallest absolute Gasteiger partial charge is 0.248 e. The van der Waals surface area contributed by atoms with Crippen LogP contribution in [0.2, 0.25) is 0 Å². The number of nitrogens with one attached hydrogen (secondary N) is 2. The summed E-state index contributed by atoms with van der Waals surface area (Å²) in [7, 11) is 0. The van der Waals surface area contributed by atoms with E-state index in [-0.39, 0.29) is 36.4 Å². The van der Waals surface area contributed by atoms with Gasteiger partial charge in [-0.1, -0.05) is 48.7 Å². The average molecular weight is 455 g/mol. The van der Waals surface area contributed by atoms with Gasteiger partial charge >= 0.3 is 0 Å². The number of halogens is 1. The first-order valence-electron chi connectivity index (χ1n) is 11.1. The fourth-order valence-corrected chi connectivity index (χ4v) is 4.48. The molecule has 0 bridgehead atoms. The second kappa shape index (κ2) is 10.3. The minimum Gasteiger partial charge on any atom is -0.370 e. The van der Waals surface area contributed by atoms with E-state index in [1.165, 1.54) is 6.07 Å². The van der Waals surface area contributed by atoms with Crippen molar-refractivity contribution in [2.24, 2.45) is 0 Å². The van der Waals surface area contributed by atoms with Gasteiger partial charge in [-0.2, -0.15) is 0 Å². The number of pyridine rings is 1. The Morgan fingerprint density at radius 3 is 2.69 bits per heavy atom. The molecule has 1 aromatic carbocycles. The Labute approximate surface area is 191 Å². The molecule has 6 nitrogen and oxygen atoms in total. The number of aromatic nitrogens is 1. The highest BCUT2D eigenvalue weighted by atomic mass is 35.5. The summed E-state index contributed by atoms with van der Waals surface area (Å²) < 4.78 is 5.83. The second-order valence-electron chi connectivity index (χ2n) is 8.42. The molecule has 1 unspecified atom stereocenters. The number of carbonyl (C=O) groups is 2. The molecule has 4 rings (SSSR count). The maximum Gasteiger partial charge on any atom is 0.248 e. The van der Waals surface area contributed by atoms with Gasteiger partial charge in [0.2, 0.25) is 11.5 Å². The van der Waals surface area contributed by atoms with E-state index < -0.39 is 6.04 Å². The quantitative estimate of drug-likeness (QED) is 0.632. The third-order valence-electron chi connectivity index (χ3n) is 6.11. The molecule has 168 valence electrons. The Kier molecular flexibility index (Phi) is 7.22. The van der Waals surface area contributed by atoms with E-state index in [0.29, 0.717) is 34.5 Å². The number of ether oxygens (including phenoxy) is 1. The van der Waals surface area contributed by atoms with Crippen molar-refractivity contribution >= 4 is 34.2 Å². The number of amides is 1. The molecule has 0 saturated heterocycles. The highest BCUT2D eigenvalue weighted by molar-refractivity contribution is 6.29. The number of para-hydroxylation sites is 1. The van der Waals surface area contributed by atoms with E-state index >= 15 is 0 Å².